The minimum absolute atomic E-state index is 0.0476. The van der Waals surface area contributed by atoms with Gasteiger partial charge in [-0.2, -0.15) is 0 Å². The Labute approximate surface area is 185 Å². The molecular weight excluding hydrogens is 402 g/mol. The second-order valence-electron chi connectivity index (χ2n) is 9.71. The number of rotatable bonds is 8. The lowest BCUT2D eigenvalue weighted by molar-refractivity contribution is -0.144. The lowest BCUT2D eigenvalue weighted by Gasteiger charge is -2.42. The quantitative estimate of drug-likeness (QED) is 0.353. The third-order valence-electron chi connectivity index (χ3n) is 6.89. The van der Waals surface area contributed by atoms with Gasteiger partial charge < -0.3 is 29.0 Å². The summed E-state index contributed by atoms with van der Waals surface area (Å²) in [4.78, 5) is 24.6. The van der Waals surface area contributed by atoms with Crippen molar-refractivity contribution >= 4 is 12.1 Å². The predicted octanol–water partition coefficient (Wildman–Crippen LogP) is 2.99. The van der Waals surface area contributed by atoms with Gasteiger partial charge in [-0.25, -0.2) is 9.59 Å². The SMILES string of the molecule is COC(=O)C(NC(=O)O[C@@H]1CC[C@]2(CO2)[C@@H]([C@@]2(C)O[C@@H]2CC=C(C)C)[C@H]1OC)C(C)C. The lowest BCUT2D eigenvalue weighted by atomic mass is 9.68. The van der Waals surface area contributed by atoms with Crippen molar-refractivity contribution in [2.24, 2.45) is 11.8 Å². The Morgan fingerprint density at radius 1 is 1.26 bits per heavy atom. The van der Waals surface area contributed by atoms with Crippen molar-refractivity contribution in [3.8, 4) is 0 Å². The molecule has 2 heterocycles. The van der Waals surface area contributed by atoms with Crippen molar-refractivity contribution in [3.63, 3.8) is 0 Å². The number of hydrogen-bond acceptors (Lipinski definition) is 7. The fraction of sp³-hybridized carbons (Fsp3) is 0.826. The fourth-order valence-electron chi connectivity index (χ4n) is 4.99. The molecule has 0 aromatic carbocycles. The molecule has 2 saturated heterocycles. The van der Waals surface area contributed by atoms with Crippen LogP contribution in [0.15, 0.2) is 11.6 Å². The maximum Gasteiger partial charge on any atom is 0.408 e. The third-order valence-corrected chi connectivity index (χ3v) is 6.89. The van der Waals surface area contributed by atoms with Gasteiger partial charge in [0.25, 0.3) is 0 Å². The highest BCUT2D eigenvalue weighted by Gasteiger charge is 2.72. The minimum Gasteiger partial charge on any atom is -0.467 e. The number of nitrogens with one attached hydrogen (secondary N) is 1. The van der Waals surface area contributed by atoms with E-state index in [-0.39, 0.29) is 29.6 Å². The predicted molar refractivity (Wildman–Crippen MR) is 114 cm³/mol. The van der Waals surface area contributed by atoms with Crippen LogP contribution in [0.3, 0.4) is 0 Å². The molecule has 8 nitrogen and oxygen atoms in total. The highest BCUT2D eigenvalue weighted by Crippen LogP contribution is 2.59. The molecule has 3 fully saturated rings. The van der Waals surface area contributed by atoms with Gasteiger partial charge in [0.15, 0.2) is 0 Å². The molecule has 1 saturated carbocycles. The number of methoxy groups -OCH3 is 2. The first-order valence-corrected chi connectivity index (χ1v) is 11.1. The van der Waals surface area contributed by atoms with Crippen LogP contribution in [0.2, 0.25) is 0 Å². The molecule has 0 radical (unpaired) electrons. The first-order valence-electron chi connectivity index (χ1n) is 11.1. The summed E-state index contributed by atoms with van der Waals surface area (Å²) in [5, 5.41) is 2.64. The van der Waals surface area contributed by atoms with E-state index in [1.165, 1.54) is 12.7 Å². The number of hydrogen-bond donors (Lipinski definition) is 1. The van der Waals surface area contributed by atoms with Gasteiger partial charge in [-0.3, -0.25) is 0 Å². The third kappa shape index (κ3) is 4.91. The molecule has 1 aliphatic carbocycles. The maximum atomic E-state index is 12.6. The number of ether oxygens (including phenoxy) is 5. The summed E-state index contributed by atoms with van der Waals surface area (Å²) < 4.78 is 28.5. The van der Waals surface area contributed by atoms with Gasteiger partial charge >= 0.3 is 12.1 Å². The highest BCUT2D eigenvalue weighted by atomic mass is 16.6. The average molecular weight is 440 g/mol. The second kappa shape index (κ2) is 9.08. The zero-order valence-corrected chi connectivity index (χ0v) is 19.7. The molecule has 31 heavy (non-hydrogen) atoms. The monoisotopic (exact) mass is 439 g/mol. The number of carbonyl (C=O) groups excluding carboxylic acids is 2. The van der Waals surface area contributed by atoms with E-state index < -0.39 is 29.8 Å². The van der Waals surface area contributed by atoms with Gasteiger partial charge in [0.1, 0.15) is 29.5 Å². The first kappa shape index (κ1) is 24.0. The standard InChI is InChI=1S/C23H37NO7/c1-13(2)8-9-16-22(5,31-16)19-18(27-6)15(10-11-23(19)12-29-23)30-21(26)24-17(14(3)4)20(25)28-7/h8,14-19H,9-12H2,1-7H3,(H,24,26)/t15-,16-,17?,18+,19-,22+,23+/m1/s1. The van der Waals surface area contributed by atoms with Crippen LogP contribution < -0.4 is 5.32 Å². The van der Waals surface area contributed by atoms with Crippen LogP contribution in [0, 0.1) is 11.8 Å². The highest BCUT2D eigenvalue weighted by molar-refractivity contribution is 5.81. The molecular formula is C23H37NO7. The number of epoxide rings is 2. The molecule has 1 spiro atoms. The van der Waals surface area contributed by atoms with E-state index in [1.807, 2.05) is 13.8 Å². The Balaban J connectivity index is 1.71. The van der Waals surface area contributed by atoms with Crippen LogP contribution in [-0.4, -0.2) is 68.4 Å². The summed E-state index contributed by atoms with van der Waals surface area (Å²) >= 11 is 0. The molecule has 3 rings (SSSR count). The number of carbonyl (C=O) groups is 2. The lowest BCUT2D eigenvalue weighted by Crippen LogP contribution is -2.56. The summed E-state index contributed by atoms with van der Waals surface area (Å²) in [6.45, 7) is 10.6. The molecule has 3 aliphatic rings. The molecule has 2 aliphatic heterocycles. The summed E-state index contributed by atoms with van der Waals surface area (Å²) in [5.41, 5.74) is 0.580. The van der Waals surface area contributed by atoms with Crippen molar-refractivity contribution < 1.29 is 33.3 Å². The Morgan fingerprint density at radius 2 is 1.94 bits per heavy atom. The Bertz CT molecular complexity index is 713. The minimum atomic E-state index is -0.770. The summed E-state index contributed by atoms with van der Waals surface area (Å²) in [5.74, 6) is -0.674. The molecule has 0 aromatic heterocycles. The van der Waals surface area contributed by atoms with E-state index in [0.29, 0.717) is 13.0 Å². The van der Waals surface area contributed by atoms with E-state index >= 15 is 0 Å². The molecule has 1 amide bonds. The number of alkyl carbamates (subject to hydrolysis) is 1. The van der Waals surface area contributed by atoms with Crippen molar-refractivity contribution in [3.05, 3.63) is 11.6 Å². The van der Waals surface area contributed by atoms with E-state index in [9.17, 15) is 9.59 Å². The molecule has 1 N–H and O–H groups in total. The number of esters is 1. The molecule has 1 unspecified atom stereocenters. The first-order chi connectivity index (χ1) is 14.6. The number of amides is 1. The zero-order valence-electron chi connectivity index (χ0n) is 19.7. The molecule has 7 atom stereocenters. The van der Waals surface area contributed by atoms with E-state index in [1.54, 1.807) is 7.11 Å². The second-order valence-corrected chi connectivity index (χ2v) is 9.71. The average Bonchev–Trinajstić information content (AvgIpc) is 3.62. The summed E-state index contributed by atoms with van der Waals surface area (Å²) in [6.07, 6.45) is 3.04. The van der Waals surface area contributed by atoms with Gasteiger partial charge in [0, 0.05) is 7.11 Å². The van der Waals surface area contributed by atoms with E-state index in [2.05, 4.69) is 32.2 Å². The fourth-order valence-corrected chi connectivity index (χ4v) is 4.99. The number of allylic oxidation sites excluding steroid dienone is 1. The smallest absolute Gasteiger partial charge is 0.408 e. The van der Waals surface area contributed by atoms with E-state index in [0.717, 1.165) is 12.8 Å². The largest absolute Gasteiger partial charge is 0.467 e. The Morgan fingerprint density at radius 3 is 2.45 bits per heavy atom. The normalized spacial score (nSPS) is 37.2. The van der Waals surface area contributed by atoms with Crippen molar-refractivity contribution in [2.45, 2.75) is 89.4 Å². The van der Waals surface area contributed by atoms with Crippen LogP contribution >= 0.6 is 0 Å². The topological polar surface area (TPSA) is 98.9 Å². The van der Waals surface area contributed by atoms with Crippen LogP contribution in [0.25, 0.3) is 0 Å². The van der Waals surface area contributed by atoms with Gasteiger partial charge in [-0.05, 0) is 46.0 Å². The van der Waals surface area contributed by atoms with Gasteiger partial charge in [0.05, 0.1) is 25.7 Å². The van der Waals surface area contributed by atoms with Gasteiger partial charge in [0.2, 0.25) is 0 Å². The van der Waals surface area contributed by atoms with Gasteiger partial charge in [-0.15, -0.1) is 0 Å². The van der Waals surface area contributed by atoms with Crippen LogP contribution in [-0.2, 0) is 28.5 Å². The van der Waals surface area contributed by atoms with E-state index in [4.69, 9.17) is 23.7 Å². The van der Waals surface area contributed by atoms with Crippen LogP contribution in [0.4, 0.5) is 4.79 Å². The zero-order chi connectivity index (χ0) is 23.0. The summed E-state index contributed by atoms with van der Waals surface area (Å²) in [7, 11) is 2.93. The van der Waals surface area contributed by atoms with Crippen molar-refractivity contribution in [2.75, 3.05) is 20.8 Å². The molecule has 8 heteroatoms. The van der Waals surface area contributed by atoms with Crippen molar-refractivity contribution in [1.29, 1.82) is 0 Å². The van der Waals surface area contributed by atoms with Gasteiger partial charge in [-0.1, -0.05) is 25.5 Å². The van der Waals surface area contributed by atoms with Crippen LogP contribution in [0.5, 0.6) is 0 Å². The summed E-state index contributed by atoms with van der Waals surface area (Å²) in [6, 6.07) is -0.770. The molecule has 0 bridgehead atoms. The Kier molecular flexibility index (Phi) is 7.03. The van der Waals surface area contributed by atoms with Crippen LogP contribution in [0.1, 0.15) is 53.9 Å². The Hall–Kier alpha value is -1.64. The maximum absolute atomic E-state index is 12.6. The molecule has 176 valence electrons. The van der Waals surface area contributed by atoms with Crippen molar-refractivity contribution in [1.82, 2.24) is 5.32 Å². The molecule has 0 aromatic rings.